The first-order valence-electron chi connectivity index (χ1n) is 5.61. The average molecular weight is 290 g/mol. The van der Waals surface area contributed by atoms with Gasteiger partial charge in [-0.1, -0.05) is 6.08 Å². The van der Waals surface area contributed by atoms with Crippen molar-refractivity contribution in [1.29, 1.82) is 0 Å². The van der Waals surface area contributed by atoms with Crippen LogP contribution in [0.4, 0.5) is 0 Å². The Labute approximate surface area is 115 Å². The molecule has 0 aromatic carbocycles. The van der Waals surface area contributed by atoms with Crippen molar-refractivity contribution in [2.75, 3.05) is 5.75 Å². The number of hydrogen-bond donors (Lipinski definition) is 4. The maximum absolute atomic E-state index is 11.5. The first-order valence-corrected chi connectivity index (χ1v) is 6.66. The lowest BCUT2D eigenvalue weighted by Gasteiger charge is -2.13. The quantitative estimate of drug-likeness (QED) is 0.470. The first kappa shape index (κ1) is 17.5. The van der Waals surface area contributed by atoms with Gasteiger partial charge in [-0.2, -0.15) is 0 Å². The van der Waals surface area contributed by atoms with Crippen molar-refractivity contribution in [2.45, 2.75) is 31.8 Å². The smallest absolute Gasteiger partial charge is 0.327 e. The standard InChI is InChI=1S/C11H18N2O5S/c1-2-5-19-6-8(11(17)18)13-9(14)4-3-7(12)10(15)16/h2,5,7-8H,3-4,6,12H2,1H3,(H,13,14)(H,15,16)(H,17,18)/b5-2+. The fourth-order valence-corrected chi connectivity index (χ4v) is 1.82. The van der Waals surface area contributed by atoms with Crippen LogP contribution in [0, 0.1) is 0 Å². The van der Waals surface area contributed by atoms with Crippen molar-refractivity contribution < 1.29 is 24.6 Å². The molecule has 0 rings (SSSR count). The second-order valence-corrected chi connectivity index (χ2v) is 4.68. The molecule has 0 fully saturated rings. The Hall–Kier alpha value is -1.54. The minimum atomic E-state index is -1.19. The number of rotatable bonds is 9. The average Bonchev–Trinajstić information content (AvgIpc) is 2.34. The van der Waals surface area contributed by atoms with Gasteiger partial charge in [0, 0.05) is 12.2 Å². The van der Waals surface area contributed by atoms with Crippen molar-refractivity contribution in [2.24, 2.45) is 5.73 Å². The molecule has 19 heavy (non-hydrogen) atoms. The third-order valence-corrected chi connectivity index (χ3v) is 3.12. The molecule has 0 aliphatic rings. The van der Waals surface area contributed by atoms with E-state index in [1.165, 1.54) is 11.8 Å². The van der Waals surface area contributed by atoms with E-state index >= 15 is 0 Å². The minimum absolute atomic E-state index is 0.0322. The molecule has 0 heterocycles. The Bertz CT molecular complexity index is 359. The van der Waals surface area contributed by atoms with Gasteiger partial charge in [-0.25, -0.2) is 4.79 Å². The van der Waals surface area contributed by atoms with E-state index in [1.54, 1.807) is 18.4 Å². The molecular weight excluding hydrogens is 272 g/mol. The van der Waals surface area contributed by atoms with Crippen molar-refractivity contribution in [3.63, 3.8) is 0 Å². The summed E-state index contributed by atoms with van der Waals surface area (Å²) in [7, 11) is 0. The largest absolute Gasteiger partial charge is 0.480 e. The molecule has 5 N–H and O–H groups in total. The topological polar surface area (TPSA) is 130 Å². The molecule has 8 heteroatoms. The van der Waals surface area contributed by atoms with E-state index in [9.17, 15) is 14.4 Å². The van der Waals surface area contributed by atoms with Crippen molar-refractivity contribution in [1.82, 2.24) is 5.32 Å². The molecular formula is C11H18N2O5S. The van der Waals surface area contributed by atoms with Crippen LogP contribution in [0.1, 0.15) is 19.8 Å². The minimum Gasteiger partial charge on any atom is -0.480 e. The monoisotopic (exact) mass is 290 g/mol. The number of carboxylic acid groups (broad SMARTS) is 2. The number of carbonyl (C=O) groups is 3. The first-order chi connectivity index (χ1) is 8.88. The lowest BCUT2D eigenvalue weighted by Crippen LogP contribution is -2.43. The summed E-state index contributed by atoms with van der Waals surface area (Å²) in [4.78, 5) is 32.8. The third-order valence-electron chi connectivity index (χ3n) is 2.13. The number of carbonyl (C=O) groups excluding carboxylic acids is 1. The van der Waals surface area contributed by atoms with Gasteiger partial charge in [-0.05, 0) is 18.8 Å². The predicted octanol–water partition coefficient (Wildman–Crippen LogP) is 0.0147. The molecule has 1 amide bonds. The maximum Gasteiger partial charge on any atom is 0.327 e. The van der Waals surface area contributed by atoms with Crippen LogP contribution in [0.25, 0.3) is 0 Å². The van der Waals surface area contributed by atoms with E-state index in [2.05, 4.69) is 5.32 Å². The number of amides is 1. The highest BCUT2D eigenvalue weighted by Gasteiger charge is 2.20. The Morgan fingerprint density at radius 1 is 1.32 bits per heavy atom. The molecule has 108 valence electrons. The molecule has 2 unspecified atom stereocenters. The van der Waals surface area contributed by atoms with Gasteiger partial charge >= 0.3 is 11.9 Å². The van der Waals surface area contributed by atoms with Crippen molar-refractivity contribution >= 4 is 29.6 Å². The zero-order chi connectivity index (χ0) is 14.8. The van der Waals surface area contributed by atoms with Crippen LogP contribution < -0.4 is 11.1 Å². The Balaban J connectivity index is 4.17. The van der Waals surface area contributed by atoms with E-state index < -0.39 is 29.9 Å². The van der Waals surface area contributed by atoms with Crippen LogP contribution in [0.5, 0.6) is 0 Å². The predicted molar refractivity (Wildman–Crippen MR) is 71.7 cm³/mol. The summed E-state index contributed by atoms with van der Waals surface area (Å²) in [6.07, 6.45) is 1.61. The van der Waals surface area contributed by atoms with E-state index in [0.29, 0.717) is 0 Å². The van der Waals surface area contributed by atoms with Gasteiger partial charge in [-0.15, -0.1) is 11.8 Å². The lowest BCUT2D eigenvalue weighted by molar-refractivity contribution is -0.141. The van der Waals surface area contributed by atoms with Crippen LogP contribution in [-0.2, 0) is 14.4 Å². The second kappa shape index (κ2) is 9.40. The van der Waals surface area contributed by atoms with Crippen molar-refractivity contribution in [3.05, 3.63) is 11.5 Å². The van der Waals surface area contributed by atoms with Gasteiger partial charge in [0.05, 0.1) is 0 Å². The normalized spacial score (nSPS) is 14.0. The van der Waals surface area contributed by atoms with E-state index in [1.807, 2.05) is 0 Å². The highest BCUT2D eigenvalue weighted by molar-refractivity contribution is 8.02. The zero-order valence-corrected chi connectivity index (χ0v) is 11.4. The molecule has 0 spiro atoms. The SMILES string of the molecule is C/C=C/SCC(NC(=O)CCC(N)C(=O)O)C(=O)O. The molecule has 0 saturated heterocycles. The highest BCUT2D eigenvalue weighted by atomic mass is 32.2. The van der Waals surface area contributed by atoms with Crippen molar-refractivity contribution in [3.8, 4) is 0 Å². The summed E-state index contributed by atoms with van der Waals surface area (Å²) in [6, 6.07) is -2.12. The molecule has 0 radical (unpaired) electrons. The third kappa shape index (κ3) is 8.22. The van der Waals surface area contributed by atoms with E-state index in [-0.39, 0.29) is 18.6 Å². The van der Waals surface area contributed by atoms with Gasteiger partial charge in [0.1, 0.15) is 12.1 Å². The van der Waals surface area contributed by atoms with Gasteiger partial charge in [0.25, 0.3) is 0 Å². The number of carboxylic acids is 2. The molecule has 0 saturated carbocycles. The van der Waals surface area contributed by atoms with Crippen LogP contribution >= 0.6 is 11.8 Å². The molecule has 0 bridgehead atoms. The summed E-state index contributed by atoms with van der Waals surface area (Å²) in [5.41, 5.74) is 5.24. The Morgan fingerprint density at radius 3 is 2.42 bits per heavy atom. The molecule has 7 nitrogen and oxygen atoms in total. The number of hydrogen-bond acceptors (Lipinski definition) is 5. The second-order valence-electron chi connectivity index (χ2n) is 3.74. The van der Waals surface area contributed by atoms with Crippen LogP contribution in [0.3, 0.4) is 0 Å². The maximum atomic E-state index is 11.5. The van der Waals surface area contributed by atoms with Crippen LogP contribution in [-0.4, -0.2) is 45.9 Å². The molecule has 0 aromatic rings. The summed E-state index contributed by atoms with van der Waals surface area (Å²) in [5, 5.41) is 21.5. The summed E-state index contributed by atoms with van der Waals surface area (Å²) >= 11 is 1.27. The summed E-state index contributed by atoms with van der Waals surface area (Å²) in [6.45, 7) is 1.80. The summed E-state index contributed by atoms with van der Waals surface area (Å²) < 4.78 is 0. The summed E-state index contributed by atoms with van der Waals surface area (Å²) in [5.74, 6) is -2.64. The Kier molecular flexibility index (Phi) is 8.64. The molecule has 0 aliphatic heterocycles. The van der Waals surface area contributed by atoms with E-state index in [0.717, 1.165) is 0 Å². The van der Waals surface area contributed by atoms with Gasteiger partial charge in [-0.3, -0.25) is 9.59 Å². The number of allylic oxidation sites excluding steroid dienone is 1. The van der Waals surface area contributed by atoms with Gasteiger partial charge < -0.3 is 21.3 Å². The lowest BCUT2D eigenvalue weighted by atomic mass is 10.1. The van der Waals surface area contributed by atoms with Gasteiger partial charge in [0.2, 0.25) is 5.91 Å². The van der Waals surface area contributed by atoms with Crippen LogP contribution in [0.2, 0.25) is 0 Å². The number of thioether (sulfide) groups is 1. The zero-order valence-electron chi connectivity index (χ0n) is 10.5. The van der Waals surface area contributed by atoms with E-state index in [4.69, 9.17) is 15.9 Å². The number of aliphatic carboxylic acids is 2. The Morgan fingerprint density at radius 2 is 1.95 bits per heavy atom. The van der Waals surface area contributed by atoms with Gasteiger partial charge in [0.15, 0.2) is 0 Å². The molecule has 0 aliphatic carbocycles. The molecule has 0 aromatic heterocycles. The molecule has 2 atom stereocenters. The van der Waals surface area contributed by atoms with Crippen LogP contribution in [0.15, 0.2) is 11.5 Å². The number of nitrogens with one attached hydrogen (secondary N) is 1. The highest BCUT2D eigenvalue weighted by Crippen LogP contribution is 2.05. The fourth-order valence-electron chi connectivity index (χ4n) is 1.10. The number of nitrogens with two attached hydrogens (primary N) is 1. The fraction of sp³-hybridized carbons (Fsp3) is 0.545.